The lowest BCUT2D eigenvalue weighted by Gasteiger charge is -2.36. The quantitative estimate of drug-likeness (QED) is 0.748. The summed E-state index contributed by atoms with van der Waals surface area (Å²) in [5.41, 5.74) is 2.79. The van der Waals surface area contributed by atoms with E-state index in [1.807, 2.05) is 44.0 Å². The Morgan fingerprint density at radius 1 is 1.06 bits per heavy atom. The van der Waals surface area contributed by atoms with Gasteiger partial charge in [-0.05, 0) is 48.6 Å². The van der Waals surface area contributed by atoms with Gasteiger partial charge in [0.2, 0.25) is 11.8 Å². The number of hydrogen-bond donors (Lipinski definition) is 1. The van der Waals surface area contributed by atoms with Gasteiger partial charge in [0.25, 0.3) is 5.91 Å². The molecule has 4 rings (SSSR count). The summed E-state index contributed by atoms with van der Waals surface area (Å²) in [5.74, 6) is 0.418. The van der Waals surface area contributed by atoms with E-state index in [-0.39, 0.29) is 30.1 Å². The highest BCUT2D eigenvalue weighted by molar-refractivity contribution is 6.09. The first kappa shape index (κ1) is 22.0. The van der Waals surface area contributed by atoms with E-state index in [2.05, 4.69) is 28.2 Å². The van der Waals surface area contributed by atoms with Gasteiger partial charge in [-0.1, -0.05) is 32.0 Å². The van der Waals surface area contributed by atoms with E-state index in [4.69, 9.17) is 0 Å². The van der Waals surface area contributed by atoms with Crippen LogP contribution in [0.15, 0.2) is 36.5 Å². The van der Waals surface area contributed by atoms with E-state index >= 15 is 0 Å². The number of carbonyl (C=O) groups excluding carboxylic acids is 3. The van der Waals surface area contributed by atoms with Crippen molar-refractivity contribution >= 4 is 23.5 Å². The number of nitrogens with one attached hydrogen (secondary N) is 1. The second kappa shape index (κ2) is 8.37. The molecule has 1 N–H and O–H groups in total. The third-order valence-electron chi connectivity index (χ3n) is 6.78. The van der Waals surface area contributed by atoms with Crippen molar-refractivity contribution in [3.63, 3.8) is 0 Å². The number of amides is 3. The zero-order valence-corrected chi connectivity index (χ0v) is 19.1. The Bertz CT molecular complexity index is 1060. The third-order valence-corrected chi connectivity index (χ3v) is 6.78. The molecule has 2 saturated heterocycles. The van der Waals surface area contributed by atoms with Crippen molar-refractivity contribution in [1.82, 2.24) is 15.2 Å². The number of piperazine rings is 1. The van der Waals surface area contributed by atoms with E-state index in [9.17, 15) is 14.4 Å². The average Bonchev–Trinajstić information content (AvgIpc) is 3.08. The molecule has 32 heavy (non-hydrogen) atoms. The molecule has 2 aromatic rings. The molecule has 1 aromatic carbocycles. The van der Waals surface area contributed by atoms with Crippen molar-refractivity contribution in [1.29, 1.82) is 0 Å². The number of nitrogens with zero attached hydrogens (tertiary/aromatic N) is 3. The molecule has 0 radical (unpaired) electrons. The maximum atomic E-state index is 13.1. The van der Waals surface area contributed by atoms with Crippen LogP contribution in [0.25, 0.3) is 0 Å². The zero-order chi connectivity index (χ0) is 23.0. The predicted molar refractivity (Wildman–Crippen MR) is 123 cm³/mol. The molecular weight excluding hydrogens is 404 g/mol. The van der Waals surface area contributed by atoms with Gasteiger partial charge in [0.1, 0.15) is 5.82 Å². The average molecular weight is 435 g/mol. The minimum atomic E-state index is -0.872. The van der Waals surface area contributed by atoms with Crippen LogP contribution >= 0.6 is 0 Å². The number of benzene rings is 1. The minimum absolute atomic E-state index is 0.0182. The normalized spacial score (nSPS) is 21.3. The smallest absolute Gasteiger partial charge is 0.253 e. The van der Waals surface area contributed by atoms with Gasteiger partial charge in [-0.25, -0.2) is 4.98 Å². The Kier molecular flexibility index (Phi) is 5.75. The number of hydrogen-bond acceptors (Lipinski definition) is 5. The van der Waals surface area contributed by atoms with Crippen LogP contribution in [0.3, 0.4) is 0 Å². The molecule has 0 spiro atoms. The summed E-state index contributed by atoms with van der Waals surface area (Å²) in [6, 6.07) is 9.32. The van der Waals surface area contributed by atoms with Crippen LogP contribution in [0.4, 0.5) is 5.82 Å². The number of aryl methyl sites for hydroxylation is 2. The van der Waals surface area contributed by atoms with Crippen LogP contribution in [0.2, 0.25) is 0 Å². The van der Waals surface area contributed by atoms with Gasteiger partial charge >= 0.3 is 0 Å². The van der Waals surface area contributed by atoms with Crippen LogP contribution < -0.4 is 10.2 Å². The largest absolute Gasteiger partial charge is 0.353 e. The van der Waals surface area contributed by atoms with Crippen LogP contribution in [-0.2, 0) is 15.0 Å². The van der Waals surface area contributed by atoms with Crippen LogP contribution in [0.5, 0.6) is 0 Å². The van der Waals surface area contributed by atoms with E-state index in [0.717, 1.165) is 35.6 Å². The Labute approximate surface area is 188 Å². The standard InChI is InChI=1S/C25H30N4O3/c1-16(2)25(14-21(30)27-24(25)32)20-7-5-19(6-8-20)23(31)29-11-9-28(10-12-29)22-18(4)13-17(3)15-26-22/h5-8,13,15-16H,9-12,14H2,1-4H3,(H,27,30,32). The predicted octanol–water partition coefficient (Wildman–Crippen LogP) is 2.60. The van der Waals surface area contributed by atoms with Crippen molar-refractivity contribution in [2.24, 2.45) is 5.92 Å². The van der Waals surface area contributed by atoms with E-state index in [1.54, 1.807) is 12.1 Å². The first-order chi connectivity index (χ1) is 15.2. The molecule has 2 aliphatic rings. The molecule has 0 aliphatic carbocycles. The number of anilines is 1. The number of imide groups is 1. The number of pyridine rings is 1. The molecule has 7 nitrogen and oxygen atoms in total. The molecule has 2 fully saturated rings. The highest BCUT2D eigenvalue weighted by Gasteiger charge is 2.50. The summed E-state index contributed by atoms with van der Waals surface area (Å²) in [4.78, 5) is 46.2. The molecule has 168 valence electrons. The Morgan fingerprint density at radius 3 is 2.25 bits per heavy atom. The maximum absolute atomic E-state index is 13.1. The van der Waals surface area contributed by atoms with Crippen molar-refractivity contribution in [3.8, 4) is 0 Å². The van der Waals surface area contributed by atoms with Gasteiger partial charge in [-0.3, -0.25) is 19.7 Å². The molecule has 2 aliphatic heterocycles. The van der Waals surface area contributed by atoms with Crippen molar-refractivity contribution in [2.75, 3.05) is 31.1 Å². The van der Waals surface area contributed by atoms with E-state index < -0.39 is 5.41 Å². The summed E-state index contributed by atoms with van der Waals surface area (Å²) in [6.45, 7) is 10.7. The van der Waals surface area contributed by atoms with Crippen LogP contribution in [0, 0.1) is 19.8 Å². The molecule has 0 saturated carbocycles. The summed E-state index contributed by atoms with van der Waals surface area (Å²) >= 11 is 0. The van der Waals surface area contributed by atoms with Crippen molar-refractivity contribution < 1.29 is 14.4 Å². The molecule has 1 aromatic heterocycles. The molecular formula is C25H30N4O3. The Balaban J connectivity index is 1.46. The third kappa shape index (κ3) is 3.76. The number of aromatic nitrogens is 1. The monoisotopic (exact) mass is 434 g/mol. The summed E-state index contributed by atoms with van der Waals surface area (Å²) < 4.78 is 0. The molecule has 1 unspecified atom stereocenters. The SMILES string of the molecule is Cc1cnc(N2CCN(C(=O)c3ccc(C4(C(C)C)CC(=O)NC4=O)cc3)CC2)c(C)c1. The Morgan fingerprint density at radius 2 is 1.72 bits per heavy atom. The van der Waals surface area contributed by atoms with Gasteiger partial charge in [0, 0.05) is 44.4 Å². The molecule has 1 atom stereocenters. The number of carbonyl (C=O) groups is 3. The fourth-order valence-electron chi connectivity index (χ4n) is 4.90. The Hall–Kier alpha value is -3.22. The summed E-state index contributed by atoms with van der Waals surface area (Å²) in [6.07, 6.45) is 2.02. The topological polar surface area (TPSA) is 82.6 Å². The van der Waals surface area contributed by atoms with Crippen molar-refractivity contribution in [3.05, 3.63) is 58.8 Å². The lowest BCUT2D eigenvalue weighted by molar-refractivity contribution is -0.127. The minimum Gasteiger partial charge on any atom is -0.353 e. The first-order valence-corrected chi connectivity index (χ1v) is 11.1. The molecule has 0 bridgehead atoms. The molecule has 3 amide bonds. The second-order valence-electron chi connectivity index (χ2n) is 9.19. The number of rotatable bonds is 4. The van der Waals surface area contributed by atoms with Gasteiger partial charge in [-0.2, -0.15) is 0 Å². The fourth-order valence-corrected chi connectivity index (χ4v) is 4.90. The zero-order valence-electron chi connectivity index (χ0n) is 19.1. The molecule has 3 heterocycles. The fraction of sp³-hybridized carbons (Fsp3) is 0.440. The highest BCUT2D eigenvalue weighted by atomic mass is 16.2. The lowest BCUT2D eigenvalue weighted by atomic mass is 9.70. The van der Waals surface area contributed by atoms with Crippen LogP contribution in [-0.4, -0.2) is 53.8 Å². The summed E-state index contributed by atoms with van der Waals surface area (Å²) in [5, 5.41) is 2.44. The molecule has 7 heteroatoms. The van der Waals surface area contributed by atoms with E-state index in [1.165, 1.54) is 0 Å². The van der Waals surface area contributed by atoms with Gasteiger partial charge in [-0.15, -0.1) is 0 Å². The lowest BCUT2D eigenvalue weighted by Crippen LogP contribution is -2.49. The van der Waals surface area contributed by atoms with Crippen molar-refractivity contribution in [2.45, 2.75) is 39.5 Å². The van der Waals surface area contributed by atoms with Crippen LogP contribution in [0.1, 0.15) is 47.3 Å². The highest BCUT2D eigenvalue weighted by Crippen LogP contribution is 2.39. The second-order valence-corrected chi connectivity index (χ2v) is 9.19. The first-order valence-electron chi connectivity index (χ1n) is 11.1. The van der Waals surface area contributed by atoms with Gasteiger partial charge in [0.05, 0.1) is 5.41 Å². The van der Waals surface area contributed by atoms with Gasteiger partial charge in [0.15, 0.2) is 0 Å². The van der Waals surface area contributed by atoms with Gasteiger partial charge < -0.3 is 9.80 Å². The summed E-state index contributed by atoms with van der Waals surface area (Å²) in [7, 11) is 0. The maximum Gasteiger partial charge on any atom is 0.253 e. The van der Waals surface area contributed by atoms with E-state index in [0.29, 0.717) is 18.7 Å².